The van der Waals surface area contributed by atoms with Gasteiger partial charge < -0.3 is 5.32 Å². The normalized spacial score (nSPS) is 20.9. The Morgan fingerprint density at radius 3 is 3.00 bits per heavy atom. The lowest BCUT2D eigenvalue weighted by atomic mass is 9.99. The molecule has 0 radical (unpaired) electrons. The van der Waals surface area contributed by atoms with Gasteiger partial charge in [-0.3, -0.25) is 9.58 Å². The SMILES string of the molecule is CCCN(Cc1ccn(C(C)CC)n1)CC1CCCNC1. The second-order valence-electron chi connectivity index (χ2n) is 6.49. The second-order valence-corrected chi connectivity index (χ2v) is 6.49. The summed E-state index contributed by atoms with van der Waals surface area (Å²) in [5.41, 5.74) is 1.22. The van der Waals surface area contributed by atoms with Gasteiger partial charge in [-0.25, -0.2) is 0 Å². The molecule has 2 rings (SSSR count). The van der Waals surface area contributed by atoms with Crippen LogP contribution < -0.4 is 5.32 Å². The van der Waals surface area contributed by atoms with Gasteiger partial charge in [0.25, 0.3) is 0 Å². The van der Waals surface area contributed by atoms with Crippen LogP contribution in [0.15, 0.2) is 12.3 Å². The molecule has 1 N–H and O–H groups in total. The van der Waals surface area contributed by atoms with Gasteiger partial charge in [0.05, 0.1) is 5.69 Å². The molecule has 1 aliphatic heterocycles. The molecule has 1 aliphatic rings. The minimum atomic E-state index is 0.501. The molecule has 0 bridgehead atoms. The van der Waals surface area contributed by atoms with Crippen molar-refractivity contribution in [3.05, 3.63) is 18.0 Å². The first-order valence-corrected chi connectivity index (χ1v) is 8.70. The summed E-state index contributed by atoms with van der Waals surface area (Å²) in [5.74, 6) is 0.807. The molecular formula is C17H32N4. The molecule has 21 heavy (non-hydrogen) atoms. The van der Waals surface area contributed by atoms with Crippen LogP contribution in [0.1, 0.15) is 58.2 Å². The van der Waals surface area contributed by atoms with Crippen molar-refractivity contribution in [3.63, 3.8) is 0 Å². The zero-order valence-corrected chi connectivity index (χ0v) is 14.0. The predicted molar refractivity (Wildman–Crippen MR) is 88.4 cm³/mol. The predicted octanol–water partition coefficient (Wildman–Crippen LogP) is 3.07. The van der Waals surface area contributed by atoms with E-state index in [4.69, 9.17) is 5.10 Å². The van der Waals surface area contributed by atoms with Crippen molar-refractivity contribution in [2.75, 3.05) is 26.2 Å². The highest BCUT2D eigenvalue weighted by atomic mass is 15.3. The molecule has 1 aromatic heterocycles. The fraction of sp³-hybridized carbons (Fsp3) is 0.824. The first-order valence-electron chi connectivity index (χ1n) is 8.70. The first kappa shape index (κ1) is 16.5. The van der Waals surface area contributed by atoms with Crippen LogP contribution in [-0.2, 0) is 6.54 Å². The average molecular weight is 292 g/mol. The van der Waals surface area contributed by atoms with E-state index < -0.39 is 0 Å². The molecule has 2 atom stereocenters. The van der Waals surface area contributed by atoms with Crippen molar-refractivity contribution < 1.29 is 0 Å². The van der Waals surface area contributed by atoms with Crippen LogP contribution >= 0.6 is 0 Å². The van der Waals surface area contributed by atoms with Gasteiger partial charge >= 0.3 is 0 Å². The number of hydrogen-bond donors (Lipinski definition) is 1. The zero-order chi connectivity index (χ0) is 15.1. The molecule has 2 unspecified atom stereocenters. The van der Waals surface area contributed by atoms with Gasteiger partial charge in [0.1, 0.15) is 0 Å². The quantitative estimate of drug-likeness (QED) is 0.799. The van der Waals surface area contributed by atoms with Crippen molar-refractivity contribution in [2.24, 2.45) is 5.92 Å². The van der Waals surface area contributed by atoms with E-state index in [9.17, 15) is 0 Å². The summed E-state index contributed by atoms with van der Waals surface area (Å²) in [6.45, 7) is 12.5. The molecular weight excluding hydrogens is 260 g/mol. The largest absolute Gasteiger partial charge is 0.316 e. The van der Waals surface area contributed by atoms with E-state index in [0.29, 0.717) is 6.04 Å². The average Bonchev–Trinajstić information content (AvgIpc) is 2.96. The topological polar surface area (TPSA) is 33.1 Å². The van der Waals surface area contributed by atoms with Crippen LogP contribution in [0.25, 0.3) is 0 Å². The van der Waals surface area contributed by atoms with Crippen LogP contribution in [0, 0.1) is 5.92 Å². The molecule has 1 fully saturated rings. The molecule has 0 amide bonds. The Labute approximate surface area is 129 Å². The molecule has 0 aromatic carbocycles. The highest BCUT2D eigenvalue weighted by Gasteiger charge is 2.17. The molecule has 4 heteroatoms. The van der Waals surface area contributed by atoms with E-state index in [2.05, 4.69) is 47.9 Å². The Bertz CT molecular complexity index is 395. The molecule has 4 nitrogen and oxygen atoms in total. The number of nitrogens with zero attached hydrogens (tertiary/aromatic N) is 3. The monoisotopic (exact) mass is 292 g/mol. The summed E-state index contributed by atoms with van der Waals surface area (Å²) in [7, 11) is 0. The van der Waals surface area contributed by atoms with Gasteiger partial charge in [-0.1, -0.05) is 13.8 Å². The van der Waals surface area contributed by atoms with E-state index in [-0.39, 0.29) is 0 Å². The summed E-state index contributed by atoms with van der Waals surface area (Å²) in [6, 6.07) is 2.69. The van der Waals surface area contributed by atoms with Crippen molar-refractivity contribution >= 4 is 0 Å². The maximum atomic E-state index is 4.76. The van der Waals surface area contributed by atoms with Crippen molar-refractivity contribution in [3.8, 4) is 0 Å². The van der Waals surface area contributed by atoms with E-state index >= 15 is 0 Å². The maximum Gasteiger partial charge on any atom is 0.0764 e. The van der Waals surface area contributed by atoms with Gasteiger partial charge in [0.2, 0.25) is 0 Å². The lowest BCUT2D eigenvalue weighted by molar-refractivity contribution is 0.199. The summed E-state index contributed by atoms with van der Waals surface area (Å²) < 4.78 is 2.11. The minimum absolute atomic E-state index is 0.501. The third-order valence-corrected chi connectivity index (χ3v) is 4.55. The number of rotatable bonds is 8. The van der Waals surface area contributed by atoms with Crippen LogP contribution in [0.2, 0.25) is 0 Å². The van der Waals surface area contributed by atoms with Gasteiger partial charge in [0.15, 0.2) is 0 Å². The van der Waals surface area contributed by atoms with Crippen LogP contribution in [-0.4, -0.2) is 40.9 Å². The van der Waals surface area contributed by atoms with Gasteiger partial charge in [0, 0.05) is 25.3 Å². The van der Waals surface area contributed by atoms with E-state index in [1.807, 2.05) is 0 Å². The van der Waals surface area contributed by atoms with E-state index in [0.717, 1.165) is 18.9 Å². The fourth-order valence-electron chi connectivity index (χ4n) is 3.12. The second kappa shape index (κ2) is 8.54. The molecule has 2 heterocycles. The summed E-state index contributed by atoms with van der Waals surface area (Å²) in [6.07, 6.45) is 7.18. The lowest BCUT2D eigenvalue weighted by Gasteiger charge is -2.29. The van der Waals surface area contributed by atoms with E-state index in [1.165, 1.54) is 51.1 Å². The molecule has 120 valence electrons. The summed E-state index contributed by atoms with van der Waals surface area (Å²) >= 11 is 0. The summed E-state index contributed by atoms with van der Waals surface area (Å²) in [4.78, 5) is 2.58. The standard InChI is InChI=1S/C17H32N4/c1-4-10-20(13-16-7-6-9-18-12-16)14-17-8-11-21(19-17)15(3)5-2/h8,11,15-16,18H,4-7,9-10,12-14H2,1-3H3. The summed E-state index contributed by atoms with van der Waals surface area (Å²) in [5, 5.41) is 8.28. The van der Waals surface area contributed by atoms with Gasteiger partial charge in [-0.2, -0.15) is 5.10 Å². The Morgan fingerprint density at radius 1 is 1.48 bits per heavy atom. The molecule has 1 saturated heterocycles. The highest BCUT2D eigenvalue weighted by Crippen LogP contribution is 2.15. The van der Waals surface area contributed by atoms with Gasteiger partial charge in [-0.15, -0.1) is 0 Å². The maximum absolute atomic E-state index is 4.76. The van der Waals surface area contributed by atoms with Crippen LogP contribution in [0.3, 0.4) is 0 Å². The number of aromatic nitrogens is 2. The minimum Gasteiger partial charge on any atom is -0.316 e. The molecule has 0 saturated carbocycles. The zero-order valence-electron chi connectivity index (χ0n) is 14.0. The number of nitrogens with one attached hydrogen (secondary N) is 1. The van der Waals surface area contributed by atoms with Crippen molar-refractivity contribution in [1.82, 2.24) is 20.0 Å². The Morgan fingerprint density at radius 2 is 2.33 bits per heavy atom. The molecule has 0 spiro atoms. The molecule has 1 aromatic rings. The molecule has 0 aliphatic carbocycles. The Hall–Kier alpha value is -0.870. The third kappa shape index (κ3) is 5.11. The van der Waals surface area contributed by atoms with Crippen LogP contribution in [0.5, 0.6) is 0 Å². The van der Waals surface area contributed by atoms with Gasteiger partial charge in [-0.05, 0) is 64.2 Å². The number of piperidine rings is 1. The van der Waals surface area contributed by atoms with Crippen molar-refractivity contribution in [2.45, 2.75) is 59.0 Å². The third-order valence-electron chi connectivity index (χ3n) is 4.55. The van der Waals surface area contributed by atoms with Crippen molar-refractivity contribution in [1.29, 1.82) is 0 Å². The smallest absolute Gasteiger partial charge is 0.0764 e. The number of hydrogen-bond acceptors (Lipinski definition) is 3. The Balaban J connectivity index is 1.90. The first-order chi connectivity index (χ1) is 10.2. The van der Waals surface area contributed by atoms with E-state index in [1.54, 1.807) is 0 Å². The lowest BCUT2D eigenvalue weighted by Crippen LogP contribution is -2.38. The fourth-order valence-corrected chi connectivity index (χ4v) is 3.12. The Kier molecular flexibility index (Phi) is 6.71. The highest BCUT2D eigenvalue weighted by molar-refractivity contribution is 4.99. The van der Waals surface area contributed by atoms with Crippen LogP contribution in [0.4, 0.5) is 0 Å².